The highest BCUT2D eigenvalue weighted by atomic mass is 31.2. The van der Waals surface area contributed by atoms with Crippen molar-refractivity contribution in [3.8, 4) is 0 Å². The van der Waals surface area contributed by atoms with E-state index >= 15 is 0 Å². The van der Waals surface area contributed by atoms with Crippen LogP contribution in [0.5, 0.6) is 0 Å². The van der Waals surface area contributed by atoms with Crippen molar-refractivity contribution in [3.05, 3.63) is 140 Å². The van der Waals surface area contributed by atoms with Crippen molar-refractivity contribution in [1.29, 1.82) is 0 Å². The molecule has 8 amide bonds. The second-order valence-corrected chi connectivity index (χ2v) is 51.5. The Morgan fingerprint density at radius 1 is 0.370 bits per heavy atom. The highest BCUT2D eigenvalue weighted by Gasteiger charge is 2.55. The molecule has 8 aliphatic rings. The van der Waals surface area contributed by atoms with Crippen molar-refractivity contribution in [1.82, 2.24) is 19.6 Å². The number of fused-ring (bicyclic) bond motifs is 4. The lowest BCUT2D eigenvalue weighted by Crippen LogP contribution is -2.45. The Bertz CT molecular complexity index is 5930. The van der Waals surface area contributed by atoms with Gasteiger partial charge in [0.1, 0.15) is 45.3 Å². The molecule has 0 aliphatic carbocycles. The predicted octanol–water partition coefficient (Wildman–Crippen LogP) is 15.1. The number of carbonyl (C=O) groups excluding carboxylic acids is 8. The van der Waals surface area contributed by atoms with Crippen LogP contribution in [0.15, 0.2) is 131 Å². The molecule has 4 aromatic rings. The van der Waals surface area contributed by atoms with Gasteiger partial charge in [-0.1, -0.05) is 172 Å². The molecule has 36 nitrogen and oxygen atoms in total. The number of nitrogens with one attached hydrogen (secondary N) is 4. The minimum absolute atomic E-state index is 0.00822. The Kier molecular flexibility index (Phi) is 31.3. The molecule has 40 heteroatoms. The molecule has 17 N–H and O–H groups in total. The zero-order chi connectivity index (χ0) is 102. The molecular formula is C95H138N16O20P4. The Balaban J connectivity index is 0.000000202. The maximum atomic E-state index is 13.9. The number of hydrogen-bond donors (Lipinski definition) is 13. The molecule has 0 fully saturated rings. The molecule has 7 unspecified atom stereocenters. The first-order valence-corrected chi connectivity index (χ1v) is 51.4. The van der Waals surface area contributed by atoms with E-state index in [0.29, 0.717) is 43.9 Å². The fraction of sp³-hybridized carbons (Fsp3) is 0.537. The summed E-state index contributed by atoms with van der Waals surface area (Å²) in [7, 11) is -15.9. The molecule has 12 rings (SSSR count). The number of amides is 8. The number of primary amides is 4. The summed E-state index contributed by atoms with van der Waals surface area (Å²) in [4.78, 5) is 119. The Morgan fingerprint density at radius 2 is 0.652 bits per heavy atom. The van der Waals surface area contributed by atoms with Crippen LogP contribution in [-0.2, 0) is 51.0 Å². The van der Waals surface area contributed by atoms with Gasteiger partial charge >= 0.3 is 30.1 Å². The average Bonchev–Trinajstić information content (AvgIpc) is 1.65. The number of aryl methyl sites for hydroxylation is 1. The summed E-state index contributed by atoms with van der Waals surface area (Å²) in [5, 5.41) is 57.4. The molecule has 4 aromatic carbocycles. The van der Waals surface area contributed by atoms with Crippen LogP contribution in [0, 0.1) is 50.2 Å². The molecule has 0 spiro atoms. The van der Waals surface area contributed by atoms with E-state index in [4.69, 9.17) is 36.5 Å². The zero-order valence-corrected chi connectivity index (χ0v) is 86.6. The number of nitrogens with two attached hydrogens (primary N) is 4. The van der Waals surface area contributed by atoms with E-state index in [1.165, 1.54) is 36.4 Å². The van der Waals surface area contributed by atoms with E-state index in [9.17, 15) is 81.9 Å². The number of aliphatic hydroxyl groups is 4. The van der Waals surface area contributed by atoms with Gasteiger partial charge in [-0.2, -0.15) is 19.1 Å². The van der Waals surface area contributed by atoms with Crippen LogP contribution >= 0.6 is 30.1 Å². The van der Waals surface area contributed by atoms with Crippen molar-refractivity contribution in [2.24, 2.45) is 85.3 Å². The van der Waals surface area contributed by atoms with Crippen molar-refractivity contribution >= 4 is 145 Å². The molecule has 8 heterocycles. The fourth-order valence-electron chi connectivity index (χ4n) is 16.9. The smallest absolute Gasteiger partial charge is 0.348 e. The summed E-state index contributed by atoms with van der Waals surface area (Å²) in [6.07, 6.45) is 2.89. The normalized spacial score (nSPS) is 23.1. The summed E-state index contributed by atoms with van der Waals surface area (Å²) in [6, 6.07) is 13.9. The summed E-state index contributed by atoms with van der Waals surface area (Å²) in [5.74, 6) is -5.48. The van der Waals surface area contributed by atoms with Gasteiger partial charge in [-0.05, 0) is 163 Å². The number of amidine groups is 4. The minimum Gasteiger partial charge on any atom is -0.509 e. The highest BCUT2D eigenvalue weighted by molar-refractivity contribution is 7.67. The van der Waals surface area contributed by atoms with Crippen LogP contribution < -0.4 is 65.4 Å². The molecule has 8 atom stereocenters. The van der Waals surface area contributed by atoms with E-state index in [2.05, 4.69) is 123 Å². The van der Waals surface area contributed by atoms with Crippen LogP contribution in [0.1, 0.15) is 260 Å². The first-order chi connectivity index (χ1) is 61.7. The second-order valence-electron chi connectivity index (χ2n) is 43.8. The lowest BCUT2D eigenvalue weighted by molar-refractivity contribution is -0.129. The molecule has 0 saturated carbocycles. The van der Waals surface area contributed by atoms with E-state index in [1.807, 2.05) is 83.1 Å². The van der Waals surface area contributed by atoms with Gasteiger partial charge in [0.25, 0.3) is 35.4 Å². The number of rotatable bonds is 22. The van der Waals surface area contributed by atoms with Crippen molar-refractivity contribution in [2.45, 2.75) is 244 Å². The average molecular weight is 1950 g/mol. The molecule has 0 radical (unpaired) electrons. The van der Waals surface area contributed by atoms with Crippen LogP contribution in [0.3, 0.4) is 0 Å². The third-order valence-corrected chi connectivity index (χ3v) is 30.9. The number of benzene rings is 4. The largest absolute Gasteiger partial charge is 0.509 e. The lowest BCUT2D eigenvalue weighted by atomic mass is 9.84. The number of hydrogen-bond acceptors (Lipinski definition) is 23. The van der Waals surface area contributed by atoms with Gasteiger partial charge in [0, 0.05) is 37.3 Å². The Labute approximate surface area is 791 Å². The lowest BCUT2D eigenvalue weighted by Gasteiger charge is -2.36. The molecular weight excluding hydrogens is 1810 g/mol. The van der Waals surface area contributed by atoms with Crippen LogP contribution in [-0.4, -0.2) is 186 Å². The summed E-state index contributed by atoms with van der Waals surface area (Å²) < 4.78 is 88.1. The van der Waals surface area contributed by atoms with Gasteiger partial charge in [-0.3, -0.25) is 56.6 Å². The standard InChI is InChI=1S/C25H37N4O5P.2C24H35N4O5P.C22H31N4O5P/c1-9-34-35(33)16-13-14(2)12-15(21(26)31)18(16)27-22(28-35)17-19(30)20(25(6,7)8)29(23(17)32)11-10-24(3,4)5;1-8-33-34(32)16-13-14(20(25)30)9-10-15(16)26-21(27-34)17-18(29)19(24(5,6)7)28(22(17)31)12-11-23(2,3)4;1-8-33-34(32)15-11-9-10-14(20(25)30)17(15)26-21(27-34)16-18(29)19(24(5,6)7)28(22(16)31)13-12-23(2,3)4;1-21(2,3)9-10-26-17(22(4,5)6)16(27)15(20(26)29)19-24-13-8-7-12(18(23)28)11-14(13)32(30,31)25-19/h12-13,20,30H,9-11H2,1-8H3,(H2,26,31)(H,27,28,33);9-10,13,19,29H,8,11-12H2,1-7H3,(H2,25,30)(H,26,27,32);9-11,19,29H,8,12-13H2,1-7H3,(H2,25,30)(H,26,27,32);7-8,11,17,27H,9-10H2,1-6H3,(H2,23,28)(H2,24,25,30,31)/t20-,35?;;;/m1.../s1. The number of nitrogens with zero attached hydrogens (tertiary/aromatic N) is 8. The number of anilines is 4. The van der Waals surface area contributed by atoms with Crippen molar-refractivity contribution < 1.29 is 95.5 Å². The first kappa shape index (κ1) is 108. The quantitative estimate of drug-likeness (QED) is 0.0325. The zero-order valence-electron chi connectivity index (χ0n) is 83.0. The van der Waals surface area contributed by atoms with Gasteiger partial charge in [-0.15, -0.1) is 0 Å². The van der Waals surface area contributed by atoms with Gasteiger partial charge in [0.15, 0.2) is 23.3 Å². The maximum Gasteiger partial charge on any atom is 0.348 e. The highest BCUT2D eigenvalue weighted by Crippen LogP contribution is 2.58. The fourth-order valence-corrected chi connectivity index (χ4v) is 23.6. The Hall–Kier alpha value is -10.6. The van der Waals surface area contributed by atoms with Gasteiger partial charge in [0.05, 0.1) is 99.1 Å². The van der Waals surface area contributed by atoms with Crippen LogP contribution in [0.4, 0.5) is 22.7 Å². The number of aliphatic hydroxyl groups excluding tert-OH is 4. The second kappa shape index (κ2) is 39.1. The maximum absolute atomic E-state index is 13.9. The summed E-state index contributed by atoms with van der Waals surface area (Å²) in [5.41, 5.74) is 21.6. The van der Waals surface area contributed by atoms with Crippen LogP contribution in [0.25, 0.3) is 0 Å². The van der Waals surface area contributed by atoms with Gasteiger partial charge < -0.3 is 103 Å². The van der Waals surface area contributed by atoms with E-state index < -0.39 is 117 Å². The van der Waals surface area contributed by atoms with Gasteiger partial charge in [0.2, 0.25) is 11.8 Å². The Morgan fingerprint density at radius 3 is 0.948 bits per heavy atom. The third kappa shape index (κ3) is 23.7. The molecule has 738 valence electrons. The molecule has 0 saturated heterocycles. The first-order valence-electron chi connectivity index (χ1n) is 45.0. The minimum atomic E-state index is -4.33. The number of carbonyl (C=O) groups is 8. The monoisotopic (exact) mass is 1950 g/mol. The van der Waals surface area contributed by atoms with E-state index in [-0.39, 0.29) is 177 Å². The van der Waals surface area contributed by atoms with Gasteiger partial charge in [-0.25, -0.2) is 0 Å². The SMILES string of the molecule is CC(C)(C)CCN1C(=O)C(C2=NP(=O)(O)c3cc(C(N)=O)ccc3N2)=C(O)C1C(C)(C)C.CCOP1(=O)N=C(C2=C(O)C(C(C)(C)C)N(CCC(C)(C)C)C2=O)Nc2c(C(N)=O)cccc21.CCOP1(=O)N=C(C2=C(O)C(C(C)(C)C)N(CCC(C)(C)C)C2=O)Nc2ccc(C(N)=O)cc21.CCOP1(=O)N=C(C2=C(O)[C@H](C(C)(C)C)N(CCC(C)(C)C)C2=O)Nc2c(C(N)=O)cc(C)cc21. The molecule has 0 bridgehead atoms. The molecule has 135 heavy (non-hydrogen) atoms. The van der Waals surface area contributed by atoms with Crippen LogP contribution in [0.2, 0.25) is 0 Å². The molecule has 8 aliphatic heterocycles. The van der Waals surface area contributed by atoms with Crippen molar-refractivity contribution in [2.75, 3.05) is 67.3 Å². The topological polar surface area (TPSA) is 548 Å². The number of para-hydroxylation sites is 1. The third-order valence-electron chi connectivity index (χ3n) is 23.3. The van der Waals surface area contributed by atoms with E-state index in [0.717, 1.165) is 19.3 Å². The predicted molar refractivity (Wildman–Crippen MR) is 530 cm³/mol. The summed E-state index contributed by atoms with van der Waals surface area (Å²) in [6.45, 7) is 57.1. The van der Waals surface area contributed by atoms with E-state index in [1.54, 1.807) is 77.6 Å². The molecule has 0 aromatic heterocycles. The van der Waals surface area contributed by atoms with Crippen molar-refractivity contribution in [3.63, 3.8) is 0 Å². The summed E-state index contributed by atoms with van der Waals surface area (Å²) >= 11 is 0.